The van der Waals surface area contributed by atoms with Gasteiger partial charge in [-0.15, -0.1) is 0 Å². The van der Waals surface area contributed by atoms with E-state index in [1.807, 2.05) is 0 Å². The van der Waals surface area contributed by atoms with Gasteiger partial charge < -0.3 is 5.32 Å². The van der Waals surface area contributed by atoms with E-state index in [0.29, 0.717) is 23.3 Å². The molecule has 1 aliphatic heterocycles. The summed E-state index contributed by atoms with van der Waals surface area (Å²) < 4.78 is 12.3. The largest absolute Gasteiger partial charge is 0.305 e. The lowest BCUT2D eigenvalue weighted by Gasteiger charge is -2.42. The summed E-state index contributed by atoms with van der Waals surface area (Å²) in [7, 11) is -0.677. The first-order valence-corrected chi connectivity index (χ1v) is 7.77. The van der Waals surface area contributed by atoms with E-state index in [2.05, 4.69) is 43.4 Å². The number of hydrogen-bond donors (Lipinski definition) is 1. The van der Waals surface area contributed by atoms with E-state index in [9.17, 15) is 4.21 Å². The highest BCUT2D eigenvalue weighted by Crippen LogP contribution is 2.41. The Labute approximate surface area is 105 Å². The molecule has 0 radical (unpaired) electrons. The van der Waals surface area contributed by atoms with Crippen LogP contribution in [-0.4, -0.2) is 21.3 Å². The summed E-state index contributed by atoms with van der Waals surface area (Å²) in [5.74, 6) is 1.34. The van der Waals surface area contributed by atoms with Crippen molar-refractivity contribution in [1.29, 1.82) is 0 Å². The van der Waals surface area contributed by atoms with Crippen molar-refractivity contribution < 1.29 is 4.21 Å². The van der Waals surface area contributed by atoms with E-state index in [1.54, 1.807) is 0 Å². The molecular weight excluding hydrogens is 230 g/mol. The Hall–Kier alpha value is -0.670. The molecule has 1 heterocycles. The first kappa shape index (κ1) is 11.4. The molecule has 5 atom stereocenters. The van der Waals surface area contributed by atoms with Gasteiger partial charge in [-0.05, 0) is 30.4 Å². The highest BCUT2D eigenvalue weighted by molar-refractivity contribution is 7.85. The van der Waals surface area contributed by atoms with E-state index < -0.39 is 10.8 Å². The van der Waals surface area contributed by atoms with Crippen molar-refractivity contribution in [2.24, 2.45) is 0 Å². The molecule has 1 aromatic rings. The van der Waals surface area contributed by atoms with Gasteiger partial charge in [0.05, 0.1) is 5.25 Å². The predicted molar refractivity (Wildman–Crippen MR) is 71.6 cm³/mol. The van der Waals surface area contributed by atoms with Crippen molar-refractivity contribution in [3.8, 4) is 0 Å². The van der Waals surface area contributed by atoms with Gasteiger partial charge in [0.2, 0.25) is 0 Å². The Balaban J connectivity index is 2.05. The van der Waals surface area contributed by atoms with Crippen LogP contribution < -0.4 is 5.32 Å². The molecule has 0 amide bonds. The topological polar surface area (TPSA) is 29.1 Å². The SMILES string of the molecule is CC1CS(=O)C2CC(C)c3ccccc3C2N1. The van der Waals surface area contributed by atoms with Gasteiger partial charge in [-0.25, -0.2) is 0 Å². The Morgan fingerprint density at radius 3 is 2.71 bits per heavy atom. The second-order valence-electron chi connectivity index (χ2n) is 5.40. The summed E-state index contributed by atoms with van der Waals surface area (Å²) in [6, 6.07) is 9.28. The number of benzene rings is 1. The lowest BCUT2D eigenvalue weighted by atomic mass is 9.80. The fraction of sp³-hybridized carbons (Fsp3) is 0.571. The van der Waals surface area contributed by atoms with E-state index in [0.717, 1.165) is 12.2 Å². The first-order valence-electron chi connectivity index (χ1n) is 6.39. The maximum Gasteiger partial charge on any atom is 0.0549 e. The molecule has 0 aromatic heterocycles. The maximum absolute atomic E-state index is 12.3. The molecule has 1 aliphatic carbocycles. The van der Waals surface area contributed by atoms with Crippen LogP contribution in [0.1, 0.15) is 43.4 Å². The molecule has 0 bridgehead atoms. The van der Waals surface area contributed by atoms with Crippen LogP contribution in [0.4, 0.5) is 0 Å². The normalized spacial score (nSPS) is 40.5. The minimum absolute atomic E-state index is 0.298. The Kier molecular flexibility index (Phi) is 2.83. The van der Waals surface area contributed by atoms with Crippen LogP contribution in [0.5, 0.6) is 0 Å². The van der Waals surface area contributed by atoms with Crippen LogP contribution in [0.2, 0.25) is 0 Å². The van der Waals surface area contributed by atoms with Crippen LogP contribution in [0.15, 0.2) is 24.3 Å². The molecular formula is C14H19NOS. The predicted octanol–water partition coefficient (Wildman–Crippen LogP) is 2.34. The van der Waals surface area contributed by atoms with E-state index in [-0.39, 0.29) is 0 Å². The van der Waals surface area contributed by atoms with Crippen molar-refractivity contribution in [3.05, 3.63) is 35.4 Å². The van der Waals surface area contributed by atoms with E-state index >= 15 is 0 Å². The van der Waals surface area contributed by atoms with Crippen molar-refractivity contribution in [3.63, 3.8) is 0 Å². The molecule has 1 aromatic carbocycles. The Morgan fingerprint density at radius 2 is 1.94 bits per heavy atom. The second kappa shape index (κ2) is 4.21. The van der Waals surface area contributed by atoms with Crippen molar-refractivity contribution in [1.82, 2.24) is 5.32 Å². The monoisotopic (exact) mass is 249 g/mol. The molecule has 1 fully saturated rings. The summed E-state index contributed by atoms with van der Waals surface area (Å²) >= 11 is 0. The molecule has 0 spiro atoms. The third-order valence-corrected chi connectivity index (χ3v) is 6.00. The highest BCUT2D eigenvalue weighted by atomic mass is 32.2. The van der Waals surface area contributed by atoms with Crippen LogP contribution in [-0.2, 0) is 10.8 Å². The summed E-state index contributed by atoms with van der Waals surface area (Å²) in [6.07, 6.45) is 1.05. The number of rotatable bonds is 0. The molecule has 92 valence electrons. The van der Waals surface area contributed by atoms with Gasteiger partial charge in [0, 0.05) is 28.6 Å². The molecule has 2 nitrogen and oxygen atoms in total. The summed E-state index contributed by atoms with van der Waals surface area (Å²) in [6.45, 7) is 4.39. The number of hydrogen-bond acceptors (Lipinski definition) is 2. The Bertz CT molecular complexity index is 459. The minimum atomic E-state index is -0.677. The zero-order valence-corrected chi connectivity index (χ0v) is 11.2. The van der Waals surface area contributed by atoms with Crippen LogP contribution in [0.3, 0.4) is 0 Å². The molecule has 1 N–H and O–H groups in total. The van der Waals surface area contributed by atoms with Crippen LogP contribution in [0, 0.1) is 0 Å². The summed E-state index contributed by atoms with van der Waals surface area (Å²) in [5.41, 5.74) is 2.81. The maximum atomic E-state index is 12.3. The Morgan fingerprint density at radius 1 is 1.24 bits per heavy atom. The van der Waals surface area contributed by atoms with Gasteiger partial charge in [0.1, 0.15) is 0 Å². The first-order chi connectivity index (χ1) is 8.16. The van der Waals surface area contributed by atoms with Crippen LogP contribution in [0.25, 0.3) is 0 Å². The van der Waals surface area contributed by atoms with Crippen molar-refractivity contribution in [2.45, 2.75) is 43.5 Å². The minimum Gasteiger partial charge on any atom is -0.305 e. The zero-order valence-electron chi connectivity index (χ0n) is 10.3. The fourth-order valence-electron chi connectivity index (χ4n) is 3.24. The number of nitrogens with one attached hydrogen (secondary N) is 1. The molecule has 5 unspecified atom stereocenters. The highest BCUT2D eigenvalue weighted by Gasteiger charge is 2.40. The standard InChI is InChI=1S/C14H19NOS/c1-9-7-13-14(15-10(2)8-17(13)16)12-6-4-3-5-11(9)12/h3-6,9-10,13-15H,7-8H2,1-2H3. The lowest BCUT2D eigenvalue weighted by Crippen LogP contribution is -2.51. The molecule has 0 saturated carbocycles. The van der Waals surface area contributed by atoms with Gasteiger partial charge in [-0.2, -0.15) is 0 Å². The molecule has 2 aliphatic rings. The van der Waals surface area contributed by atoms with Gasteiger partial charge in [0.25, 0.3) is 0 Å². The van der Waals surface area contributed by atoms with E-state index in [1.165, 1.54) is 11.1 Å². The third kappa shape index (κ3) is 1.85. The van der Waals surface area contributed by atoms with E-state index in [4.69, 9.17) is 0 Å². The second-order valence-corrected chi connectivity index (χ2v) is 7.10. The summed E-state index contributed by atoms with van der Waals surface area (Å²) in [5, 5.41) is 3.93. The third-order valence-electron chi connectivity index (χ3n) is 4.04. The quantitative estimate of drug-likeness (QED) is 0.764. The fourth-order valence-corrected chi connectivity index (χ4v) is 5.10. The molecule has 3 rings (SSSR count). The number of fused-ring (bicyclic) bond motifs is 3. The van der Waals surface area contributed by atoms with Crippen LogP contribution >= 0.6 is 0 Å². The average Bonchev–Trinajstić information content (AvgIpc) is 2.31. The van der Waals surface area contributed by atoms with Gasteiger partial charge >= 0.3 is 0 Å². The average molecular weight is 249 g/mol. The molecule has 1 saturated heterocycles. The van der Waals surface area contributed by atoms with Crippen molar-refractivity contribution >= 4 is 10.8 Å². The van der Waals surface area contributed by atoms with Crippen molar-refractivity contribution in [2.75, 3.05) is 5.75 Å². The lowest BCUT2D eigenvalue weighted by molar-refractivity contribution is 0.390. The van der Waals surface area contributed by atoms with Gasteiger partial charge in [-0.1, -0.05) is 31.2 Å². The smallest absolute Gasteiger partial charge is 0.0549 e. The van der Waals surface area contributed by atoms with Gasteiger partial charge in [0.15, 0.2) is 0 Å². The summed E-state index contributed by atoms with van der Waals surface area (Å²) in [4.78, 5) is 0. The zero-order chi connectivity index (χ0) is 12.0. The molecule has 17 heavy (non-hydrogen) atoms. The molecule has 3 heteroatoms. The van der Waals surface area contributed by atoms with Gasteiger partial charge in [-0.3, -0.25) is 4.21 Å².